The molecule has 7 nitrogen and oxygen atoms in total. The molecule has 0 aliphatic heterocycles. The molecule has 7 heteroatoms. The number of amides is 2. The molecule has 2 N–H and O–H groups in total. The van der Waals surface area contributed by atoms with E-state index in [1.165, 1.54) is 14.0 Å². The van der Waals surface area contributed by atoms with Crippen LogP contribution in [-0.2, 0) is 16.1 Å². The van der Waals surface area contributed by atoms with Gasteiger partial charge in [-0.15, -0.1) is 0 Å². The Balaban J connectivity index is 2.01. The lowest BCUT2D eigenvalue weighted by molar-refractivity contribution is -0.138. The Labute approximate surface area is 170 Å². The van der Waals surface area contributed by atoms with Crippen LogP contribution < -0.4 is 20.1 Å². The summed E-state index contributed by atoms with van der Waals surface area (Å²) in [5.41, 5.74) is 0.582. The largest absolute Gasteiger partial charge is 0.493 e. The molecule has 2 aromatic rings. The first kappa shape index (κ1) is 21.9. The minimum Gasteiger partial charge on any atom is -0.493 e. The zero-order chi connectivity index (χ0) is 21.6. The molecule has 0 unspecified atom stereocenters. The summed E-state index contributed by atoms with van der Waals surface area (Å²) in [6, 6.07) is 11.8. The molecule has 0 spiro atoms. The molecular formula is C22H26N2O5. The van der Waals surface area contributed by atoms with E-state index in [0.717, 1.165) is 5.56 Å². The highest BCUT2D eigenvalue weighted by atomic mass is 16.5. The lowest BCUT2D eigenvalue weighted by Gasteiger charge is -2.23. The van der Waals surface area contributed by atoms with Gasteiger partial charge >= 0.3 is 0 Å². The number of carbonyl (C=O) groups is 3. The molecule has 2 rings (SSSR count). The predicted octanol–water partition coefficient (Wildman–Crippen LogP) is 3.19. The highest BCUT2D eigenvalue weighted by Crippen LogP contribution is 2.27. The van der Waals surface area contributed by atoms with Crippen LogP contribution in [0.5, 0.6) is 11.5 Å². The fraction of sp³-hybridized carbons (Fsp3) is 0.318. The number of hydrogen-bond donors (Lipinski definition) is 2. The molecule has 0 radical (unpaired) electrons. The van der Waals surface area contributed by atoms with Crippen molar-refractivity contribution in [3.63, 3.8) is 0 Å². The van der Waals surface area contributed by atoms with Gasteiger partial charge in [-0.1, -0.05) is 6.07 Å². The first-order chi connectivity index (χ1) is 13.7. The second-order valence-corrected chi connectivity index (χ2v) is 7.08. The maximum Gasteiger partial charge on any atom is 0.239 e. The second-order valence-electron chi connectivity index (χ2n) is 7.08. The van der Waals surface area contributed by atoms with Gasteiger partial charge in [-0.3, -0.25) is 14.4 Å². The van der Waals surface area contributed by atoms with Crippen LogP contribution in [-0.4, -0.2) is 31.8 Å². The zero-order valence-corrected chi connectivity index (χ0v) is 17.3. The van der Waals surface area contributed by atoms with E-state index in [0.29, 0.717) is 22.7 Å². The van der Waals surface area contributed by atoms with Gasteiger partial charge in [0.05, 0.1) is 14.2 Å². The van der Waals surface area contributed by atoms with E-state index in [2.05, 4.69) is 10.6 Å². The molecular weight excluding hydrogens is 372 g/mol. The van der Waals surface area contributed by atoms with Gasteiger partial charge in [0.1, 0.15) is 5.41 Å². The lowest BCUT2D eigenvalue weighted by Crippen LogP contribution is -2.44. The van der Waals surface area contributed by atoms with Gasteiger partial charge in [-0.2, -0.15) is 0 Å². The van der Waals surface area contributed by atoms with Crippen molar-refractivity contribution in [2.45, 2.75) is 27.3 Å². The Morgan fingerprint density at radius 1 is 0.897 bits per heavy atom. The number of benzene rings is 2. The number of hydrogen-bond acceptors (Lipinski definition) is 5. The van der Waals surface area contributed by atoms with Crippen molar-refractivity contribution in [2.24, 2.45) is 5.41 Å². The topological polar surface area (TPSA) is 93.7 Å². The lowest BCUT2D eigenvalue weighted by atomic mass is 9.90. The maximum absolute atomic E-state index is 12.6. The van der Waals surface area contributed by atoms with Crippen LogP contribution in [0, 0.1) is 5.41 Å². The van der Waals surface area contributed by atoms with Crippen LogP contribution in [0.1, 0.15) is 36.7 Å². The van der Waals surface area contributed by atoms with Gasteiger partial charge in [-0.05, 0) is 62.7 Å². The summed E-state index contributed by atoms with van der Waals surface area (Å²) >= 11 is 0. The molecule has 0 saturated heterocycles. The summed E-state index contributed by atoms with van der Waals surface area (Å²) in [7, 11) is 3.09. The molecule has 2 amide bonds. The molecule has 0 aliphatic rings. The predicted molar refractivity (Wildman–Crippen MR) is 110 cm³/mol. The van der Waals surface area contributed by atoms with E-state index in [9.17, 15) is 14.4 Å². The van der Waals surface area contributed by atoms with E-state index in [-0.39, 0.29) is 12.3 Å². The SMILES string of the molecule is COc1ccc(CNC(=O)C(C)(C)C(=O)Nc2ccc(C(C)=O)cc2)cc1OC. The standard InChI is InChI=1S/C22H26N2O5/c1-14(25)16-7-9-17(10-8-16)24-21(27)22(2,3)20(26)23-13-15-6-11-18(28-4)19(12-15)29-5/h6-12H,13H2,1-5H3,(H,23,26)(H,24,27). The molecule has 29 heavy (non-hydrogen) atoms. The van der Waals surface area contributed by atoms with Crippen LogP contribution in [0.3, 0.4) is 0 Å². The first-order valence-electron chi connectivity index (χ1n) is 9.10. The molecule has 0 fully saturated rings. The number of nitrogens with one attached hydrogen (secondary N) is 2. The Morgan fingerprint density at radius 2 is 1.52 bits per heavy atom. The summed E-state index contributed by atoms with van der Waals surface area (Å²) in [6.45, 7) is 4.81. The smallest absolute Gasteiger partial charge is 0.239 e. The van der Waals surface area contributed by atoms with Crippen LogP contribution in [0.25, 0.3) is 0 Å². The second kappa shape index (κ2) is 9.23. The van der Waals surface area contributed by atoms with Crippen molar-refractivity contribution in [2.75, 3.05) is 19.5 Å². The average molecular weight is 398 g/mol. The maximum atomic E-state index is 12.6. The number of ether oxygens (including phenoxy) is 2. The Kier molecular flexibility index (Phi) is 6.98. The van der Waals surface area contributed by atoms with E-state index in [1.807, 2.05) is 6.07 Å². The van der Waals surface area contributed by atoms with Crippen molar-refractivity contribution in [3.05, 3.63) is 53.6 Å². The highest BCUT2D eigenvalue weighted by Gasteiger charge is 2.36. The Hall–Kier alpha value is -3.35. The van der Waals surface area contributed by atoms with Crippen molar-refractivity contribution in [3.8, 4) is 11.5 Å². The Morgan fingerprint density at radius 3 is 2.07 bits per heavy atom. The number of ketones is 1. The van der Waals surface area contributed by atoms with Gasteiger partial charge in [0, 0.05) is 17.8 Å². The fourth-order valence-electron chi connectivity index (χ4n) is 2.57. The first-order valence-corrected chi connectivity index (χ1v) is 9.10. The van der Waals surface area contributed by atoms with Crippen LogP contribution >= 0.6 is 0 Å². The summed E-state index contributed by atoms with van der Waals surface area (Å²) in [5.74, 6) is 0.240. The molecule has 0 aliphatic carbocycles. The van der Waals surface area contributed by atoms with Crippen molar-refractivity contribution >= 4 is 23.3 Å². The normalized spacial score (nSPS) is 10.8. The van der Waals surface area contributed by atoms with Gasteiger partial charge in [0.25, 0.3) is 0 Å². The number of methoxy groups -OCH3 is 2. The zero-order valence-electron chi connectivity index (χ0n) is 17.3. The van der Waals surface area contributed by atoms with Crippen molar-refractivity contribution < 1.29 is 23.9 Å². The summed E-state index contributed by atoms with van der Waals surface area (Å²) < 4.78 is 10.5. The quantitative estimate of drug-likeness (QED) is 0.526. The molecule has 0 bridgehead atoms. The van der Waals surface area contributed by atoms with Crippen molar-refractivity contribution in [1.29, 1.82) is 0 Å². The molecule has 154 valence electrons. The summed E-state index contributed by atoms with van der Waals surface area (Å²) in [4.78, 5) is 36.6. The molecule has 0 heterocycles. The summed E-state index contributed by atoms with van der Waals surface area (Å²) in [6.07, 6.45) is 0. The van der Waals surface area contributed by atoms with Crippen LogP contribution in [0.15, 0.2) is 42.5 Å². The monoisotopic (exact) mass is 398 g/mol. The minimum absolute atomic E-state index is 0.0576. The molecule has 0 saturated carbocycles. The van der Waals surface area contributed by atoms with E-state index in [4.69, 9.17) is 9.47 Å². The van der Waals surface area contributed by atoms with Gasteiger partial charge in [0.15, 0.2) is 17.3 Å². The third-order valence-electron chi connectivity index (χ3n) is 4.59. The van der Waals surface area contributed by atoms with E-state index in [1.54, 1.807) is 57.4 Å². The summed E-state index contributed by atoms with van der Waals surface area (Å²) in [5, 5.41) is 5.49. The number of anilines is 1. The highest BCUT2D eigenvalue weighted by molar-refractivity contribution is 6.10. The van der Waals surface area contributed by atoms with Gasteiger partial charge in [0.2, 0.25) is 11.8 Å². The molecule has 2 aromatic carbocycles. The average Bonchev–Trinajstić information content (AvgIpc) is 2.71. The fourth-order valence-corrected chi connectivity index (χ4v) is 2.57. The van der Waals surface area contributed by atoms with Crippen molar-refractivity contribution in [1.82, 2.24) is 5.32 Å². The molecule has 0 aromatic heterocycles. The van der Waals surface area contributed by atoms with Gasteiger partial charge in [-0.25, -0.2) is 0 Å². The number of carbonyl (C=O) groups excluding carboxylic acids is 3. The third-order valence-corrected chi connectivity index (χ3v) is 4.59. The van der Waals surface area contributed by atoms with E-state index >= 15 is 0 Å². The van der Waals surface area contributed by atoms with Crippen LogP contribution in [0.2, 0.25) is 0 Å². The number of rotatable bonds is 8. The Bertz CT molecular complexity index is 904. The van der Waals surface area contributed by atoms with Gasteiger partial charge < -0.3 is 20.1 Å². The van der Waals surface area contributed by atoms with E-state index < -0.39 is 17.2 Å². The third kappa shape index (κ3) is 5.34. The molecule has 0 atom stereocenters. The minimum atomic E-state index is -1.30. The van der Waals surface area contributed by atoms with Crippen LogP contribution in [0.4, 0.5) is 5.69 Å². The number of Topliss-reactive ketones (excluding diaryl/α,β-unsaturated/α-hetero) is 1.